The Kier molecular flexibility index (Phi) is 3.87. The molecule has 2 aliphatic rings. The van der Waals surface area contributed by atoms with Crippen molar-refractivity contribution in [1.29, 1.82) is 0 Å². The molecule has 94 valence electrons. The molecule has 16 heavy (non-hydrogen) atoms. The van der Waals surface area contributed by atoms with Gasteiger partial charge in [-0.05, 0) is 50.6 Å². The maximum Gasteiger partial charge on any atom is 0.214 e. The zero-order valence-corrected chi connectivity index (χ0v) is 10.8. The van der Waals surface area contributed by atoms with E-state index in [1.807, 2.05) is 0 Å². The molecule has 0 radical (unpaired) electrons. The Morgan fingerprint density at radius 2 is 1.75 bits per heavy atom. The summed E-state index contributed by atoms with van der Waals surface area (Å²) >= 11 is 0. The number of nitrogens with zero attached hydrogens (tertiary/aromatic N) is 1. The molecule has 1 heterocycles. The third-order valence-corrected chi connectivity index (χ3v) is 5.58. The van der Waals surface area contributed by atoms with Gasteiger partial charge in [-0.1, -0.05) is 0 Å². The van der Waals surface area contributed by atoms with Crippen LogP contribution >= 0.6 is 0 Å². The summed E-state index contributed by atoms with van der Waals surface area (Å²) in [5.41, 5.74) is 0. The van der Waals surface area contributed by atoms with Gasteiger partial charge in [-0.2, -0.15) is 0 Å². The molecule has 1 saturated carbocycles. The van der Waals surface area contributed by atoms with Crippen molar-refractivity contribution < 1.29 is 8.42 Å². The normalized spacial score (nSPS) is 23.9. The molecule has 0 aromatic heterocycles. The van der Waals surface area contributed by atoms with Gasteiger partial charge in [-0.15, -0.1) is 0 Å². The van der Waals surface area contributed by atoms with Crippen LogP contribution in [0, 0.1) is 11.8 Å². The van der Waals surface area contributed by atoms with E-state index in [2.05, 4.69) is 5.32 Å². The van der Waals surface area contributed by atoms with Crippen molar-refractivity contribution in [3.8, 4) is 0 Å². The van der Waals surface area contributed by atoms with Gasteiger partial charge in [-0.25, -0.2) is 12.7 Å². The van der Waals surface area contributed by atoms with Crippen LogP contribution in [0.15, 0.2) is 0 Å². The molecule has 0 spiro atoms. The average molecular weight is 246 g/mol. The number of nitrogens with one attached hydrogen (secondary N) is 1. The Labute approximate surface area is 98.4 Å². The maximum atomic E-state index is 12.1. The largest absolute Gasteiger partial charge is 0.317 e. The van der Waals surface area contributed by atoms with Crippen molar-refractivity contribution in [3.63, 3.8) is 0 Å². The predicted octanol–water partition coefficient (Wildman–Crippen LogP) is 0.658. The summed E-state index contributed by atoms with van der Waals surface area (Å²) in [5, 5.41) is 3.26. The van der Waals surface area contributed by atoms with Crippen LogP contribution < -0.4 is 5.32 Å². The first-order valence-corrected chi connectivity index (χ1v) is 7.83. The highest BCUT2D eigenvalue weighted by atomic mass is 32.2. The molecular formula is C11H22N2O2S. The van der Waals surface area contributed by atoms with Crippen molar-refractivity contribution in [2.45, 2.75) is 25.7 Å². The van der Waals surface area contributed by atoms with E-state index < -0.39 is 10.0 Å². The summed E-state index contributed by atoms with van der Waals surface area (Å²) < 4.78 is 25.7. The summed E-state index contributed by atoms with van der Waals surface area (Å²) in [6.07, 6.45) is 4.40. The smallest absolute Gasteiger partial charge is 0.214 e. The van der Waals surface area contributed by atoms with Crippen LogP contribution in [-0.2, 0) is 10.0 Å². The summed E-state index contributed by atoms with van der Waals surface area (Å²) in [4.78, 5) is 0. The second-order valence-electron chi connectivity index (χ2n) is 5.20. The van der Waals surface area contributed by atoms with Crippen LogP contribution in [0.25, 0.3) is 0 Å². The van der Waals surface area contributed by atoms with Gasteiger partial charge < -0.3 is 5.32 Å². The first-order chi connectivity index (χ1) is 7.58. The van der Waals surface area contributed by atoms with E-state index in [1.165, 1.54) is 12.8 Å². The first-order valence-electron chi connectivity index (χ1n) is 6.22. The minimum atomic E-state index is -3.01. The fourth-order valence-corrected chi connectivity index (χ4v) is 3.87. The molecule has 0 bridgehead atoms. The van der Waals surface area contributed by atoms with E-state index in [0.717, 1.165) is 32.5 Å². The number of hydrogen-bond acceptors (Lipinski definition) is 3. The second kappa shape index (κ2) is 5.02. The molecule has 5 heteroatoms. The molecule has 1 saturated heterocycles. The van der Waals surface area contributed by atoms with Crippen LogP contribution in [-0.4, -0.2) is 45.2 Å². The molecule has 0 aromatic rings. The van der Waals surface area contributed by atoms with Crippen LogP contribution in [0.2, 0.25) is 0 Å². The zero-order valence-electron chi connectivity index (χ0n) is 9.98. The van der Waals surface area contributed by atoms with Gasteiger partial charge >= 0.3 is 0 Å². The summed E-state index contributed by atoms with van der Waals surface area (Å²) in [7, 11) is -1.28. The van der Waals surface area contributed by atoms with Gasteiger partial charge in [0.2, 0.25) is 10.0 Å². The minimum absolute atomic E-state index is 0.345. The molecule has 2 rings (SSSR count). The van der Waals surface area contributed by atoms with Gasteiger partial charge in [0.05, 0.1) is 5.75 Å². The maximum absolute atomic E-state index is 12.1. The van der Waals surface area contributed by atoms with Gasteiger partial charge in [-0.3, -0.25) is 0 Å². The molecule has 0 unspecified atom stereocenters. The molecule has 0 amide bonds. The number of hydrogen-bond donors (Lipinski definition) is 1. The van der Waals surface area contributed by atoms with E-state index in [1.54, 1.807) is 11.4 Å². The lowest BCUT2D eigenvalue weighted by Crippen LogP contribution is -2.37. The first kappa shape index (κ1) is 12.3. The van der Waals surface area contributed by atoms with Crippen LogP contribution in [0.3, 0.4) is 0 Å². The van der Waals surface area contributed by atoms with Crippen LogP contribution in [0.1, 0.15) is 25.7 Å². The SMILES string of the molecule is CN(CC1CC1)S(=O)(=O)CC1CCNCC1. The predicted molar refractivity (Wildman–Crippen MR) is 64.7 cm³/mol. The highest BCUT2D eigenvalue weighted by molar-refractivity contribution is 7.89. The lowest BCUT2D eigenvalue weighted by molar-refractivity contribution is 0.387. The highest BCUT2D eigenvalue weighted by Gasteiger charge is 2.30. The van der Waals surface area contributed by atoms with Crippen molar-refractivity contribution in [3.05, 3.63) is 0 Å². The Hall–Kier alpha value is -0.130. The zero-order chi connectivity index (χ0) is 11.6. The second-order valence-corrected chi connectivity index (χ2v) is 7.32. The molecule has 1 aliphatic heterocycles. The molecule has 4 nitrogen and oxygen atoms in total. The van der Waals surface area contributed by atoms with E-state index in [4.69, 9.17) is 0 Å². The molecule has 2 fully saturated rings. The van der Waals surface area contributed by atoms with Crippen molar-refractivity contribution in [1.82, 2.24) is 9.62 Å². The number of piperidine rings is 1. The molecule has 0 aromatic carbocycles. The van der Waals surface area contributed by atoms with Gasteiger partial charge in [0.15, 0.2) is 0 Å². The summed E-state index contributed by atoms with van der Waals surface area (Å²) in [6, 6.07) is 0. The Morgan fingerprint density at radius 1 is 1.12 bits per heavy atom. The van der Waals surface area contributed by atoms with Gasteiger partial charge in [0.25, 0.3) is 0 Å². The highest BCUT2D eigenvalue weighted by Crippen LogP contribution is 2.30. The summed E-state index contributed by atoms with van der Waals surface area (Å²) in [5.74, 6) is 1.33. The number of rotatable bonds is 5. The Bertz CT molecular complexity index is 319. The fourth-order valence-electron chi connectivity index (χ4n) is 2.25. The molecule has 1 aliphatic carbocycles. The van der Waals surface area contributed by atoms with Gasteiger partial charge in [0.1, 0.15) is 0 Å². The Morgan fingerprint density at radius 3 is 2.31 bits per heavy atom. The van der Waals surface area contributed by atoms with E-state index in [-0.39, 0.29) is 0 Å². The standard InChI is InChI=1S/C11H22N2O2S/c1-13(8-10-2-3-10)16(14,15)9-11-4-6-12-7-5-11/h10-12H,2-9H2,1H3. The lowest BCUT2D eigenvalue weighted by Gasteiger charge is -2.25. The van der Waals surface area contributed by atoms with Gasteiger partial charge in [0, 0.05) is 13.6 Å². The van der Waals surface area contributed by atoms with Crippen LogP contribution in [0.4, 0.5) is 0 Å². The topological polar surface area (TPSA) is 49.4 Å². The molecular weight excluding hydrogens is 224 g/mol. The fraction of sp³-hybridized carbons (Fsp3) is 1.00. The lowest BCUT2D eigenvalue weighted by atomic mass is 10.0. The molecule has 0 atom stereocenters. The molecule has 1 N–H and O–H groups in total. The monoisotopic (exact) mass is 246 g/mol. The third-order valence-electron chi connectivity index (χ3n) is 3.59. The minimum Gasteiger partial charge on any atom is -0.317 e. The average Bonchev–Trinajstić information content (AvgIpc) is 3.02. The van der Waals surface area contributed by atoms with Crippen molar-refractivity contribution >= 4 is 10.0 Å². The van der Waals surface area contributed by atoms with E-state index in [0.29, 0.717) is 17.6 Å². The van der Waals surface area contributed by atoms with Crippen molar-refractivity contribution in [2.24, 2.45) is 11.8 Å². The van der Waals surface area contributed by atoms with E-state index >= 15 is 0 Å². The Balaban J connectivity index is 1.84. The van der Waals surface area contributed by atoms with Crippen molar-refractivity contribution in [2.75, 3.05) is 32.4 Å². The number of sulfonamides is 1. The summed E-state index contributed by atoms with van der Waals surface area (Å²) in [6.45, 7) is 2.66. The van der Waals surface area contributed by atoms with E-state index in [9.17, 15) is 8.42 Å². The van der Waals surface area contributed by atoms with Crippen LogP contribution in [0.5, 0.6) is 0 Å². The quantitative estimate of drug-likeness (QED) is 0.775. The third kappa shape index (κ3) is 3.43.